The van der Waals surface area contributed by atoms with E-state index in [1.807, 2.05) is 0 Å². The minimum atomic E-state index is -3.08. The van der Waals surface area contributed by atoms with Crippen LogP contribution in [0.25, 0.3) is 0 Å². The standard InChI is InChI=1S/C9H22N2O2S/c1-9(2,3)5-6-11-14(12,13)8-7-10-4/h10-11H,5-8H2,1-4H3. The highest BCUT2D eigenvalue weighted by molar-refractivity contribution is 7.89. The smallest absolute Gasteiger partial charge is 0.212 e. The lowest BCUT2D eigenvalue weighted by Gasteiger charge is -2.17. The van der Waals surface area contributed by atoms with E-state index < -0.39 is 10.0 Å². The van der Waals surface area contributed by atoms with Crippen molar-refractivity contribution in [1.29, 1.82) is 0 Å². The number of sulfonamides is 1. The van der Waals surface area contributed by atoms with Crippen LogP contribution in [0.1, 0.15) is 27.2 Å². The molecule has 0 amide bonds. The normalized spacial score (nSPS) is 13.1. The summed E-state index contributed by atoms with van der Waals surface area (Å²) < 4.78 is 25.2. The van der Waals surface area contributed by atoms with Crippen LogP contribution in [0.4, 0.5) is 0 Å². The lowest BCUT2D eigenvalue weighted by atomic mass is 9.93. The van der Waals surface area contributed by atoms with Gasteiger partial charge in [-0.1, -0.05) is 20.8 Å². The van der Waals surface area contributed by atoms with E-state index in [1.165, 1.54) is 0 Å². The summed E-state index contributed by atoms with van der Waals surface area (Å²) in [6, 6.07) is 0. The second-order valence-electron chi connectivity index (χ2n) is 4.63. The Kier molecular flexibility index (Phi) is 5.63. The third-order valence-corrected chi connectivity index (χ3v) is 3.20. The van der Waals surface area contributed by atoms with Gasteiger partial charge < -0.3 is 5.32 Å². The predicted octanol–water partition coefficient (Wildman–Crippen LogP) is 0.561. The molecule has 0 aromatic heterocycles. The van der Waals surface area contributed by atoms with E-state index in [1.54, 1.807) is 7.05 Å². The van der Waals surface area contributed by atoms with Crippen molar-refractivity contribution in [1.82, 2.24) is 10.0 Å². The van der Waals surface area contributed by atoms with Crippen molar-refractivity contribution in [3.05, 3.63) is 0 Å². The van der Waals surface area contributed by atoms with Gasteiger partial charge in [0.25, 0.3) is 0 Å². The molecule has 0 bridgehead atoms. The highest BCUT2D eigenvalue weighted by atomic mass is 32.2. The van der Waals surface area contributed by atoms with Crippen molar-refractivity contribution in [2.45, 2.75) is 27.2 Å². The number of nitrogens with one attached hydrogen (secondary N) is 2. The zero-order valence-electron chi connectivity index (χ0n) is 9.55. The minimum absolute atomic E-state index is 0.146. The molecule has 0 aliphatic heterocycles. The Labute approximate surface area is 87.5 Å². The van der Waals surface area contributed by atoms with Crippen LogP contribution in [0.2, 0.25) is 0 Å². The molecule has 5 heteroatoms. The average molecular weight is 222 g/mol. The second-order valence-corrected chi connectivity index (χ2v) is 6.55. The van der Waals surface area contributed by atoms with Crippen molar-refractivity contribution in [2.24, 2.45) is 5.41 Å². The lowest BCUT2D eigenvalue weighted by Crippen LogP contribution is -2.32. The van der Waals surface area contributed by atoms with Gasteiger partial charge in [0.2, 0.25) is 10.0 Å². The van der Waals surface area contributed by atoms with Crippen LogP contribution in [0, 0.1) is 5.41 Å². The number of rotatable bonds is 6. The molecule has 0 rings (SSSR count). The average Bonchev–Trinajstić information content (AvgIpc) is 1.98. The van der Waals surface area contributed by atoms with Crippen LogP contribution in [0.15, 0.2) is 0 Å². The highest BCUT2D eigenvalue weighted by Gasteiger charge is 2.13. The van der Waals surface area contributed by atoms with Gasteiger partial charge in [0, 0.05) is 13.1 Å². The van der Waals surface area contributed by atoms with Crippen LogP contribution >= 0.6 is 0 Å². The van der Waals surface area contributed by atoms with Crippen LogP contribution in [0.3, 0.4) is 0 Å². The first kappa shape index (κ1) is 13.9. The Morgan fingerprint density at radius 3 is 2.14 bits per heavy atom. The summed E-state index contributed by atoms with van der Waals surface area (Å²) in [6.07, 6.45) is 0.853. The third kappa shape index (κ3) is 8.47. The van der Waals surface area contributed by atoms with E-state index in [4.69, 9.17) is 0 Å². The third-order valence-electron chi connectivity index (χ3n) is 1.82. The molecule has 0 aliphatic rings. The van der Waals surface area contributed by atoms with Gasteiger partial charge in [-0.3, -0.25) is 0 Å². The molecule has 0 aliphatic carbocycles. The van der Waals surface area contributed by atoms with Gasteiger partial charge in [-0.15, -0.1) is 0 Å². The molecule has 2 N–H and O–H groups in total. The van der Waals surface area contributed by atoms with Gasteiger partial charge in [0.15, 0.2) is 0 Å². The molecule has 0 saturated carbocycles. The van der Waals surface area contributed by atoms with Crippen LogP contribution in [-0.4, -0.2) is 34.3 Å². The first-order valence-electron chi connectivity index (χ1n) is 4.89. The molecule has 0 radical (unpaired) electrons. The largest absolute Gasteiger partial charge is 0.319 e. The SMILES string of the molecule is CNCCS(=O)(=O)NCCC(C)(C)C. The Morgan fingerprint density at radius 1 is 1.14 bits per heavy atom. The summed E-state index contributed by atoms with van der Waals surface area (Å²) in [7, 11) is -1.34. The summed E-state index contributed by atoms with van der Waals surface area (Å²) in [6.45, 7) is 7.29. The fourth-order valence-electron chi connectivity index (χ4n) is 0.890. The summed E-state index contributed by atoms with van der Waals surface area (Å²) in [4.78, 5) is 0. The topological polar surface area (TPSA) is 58.2 Å². The predicted molar refractivity (Wildman–Crippen MR) is 59.8 cm³/mol. The molecule has 0 atom stereocenters. The van der Waals surface area contributed by atoms with Gasteiger partial charge in [-0.05, 0) is 18.9 Å². The summed E-state index contributed by atoms with van der Waals surface area (Å²) in [5, 5.41) is 2.81. The van der Waals surface area contributed by atoms with Gasteiger partial charge in [-0.2, -0.15) is 0 Å². The van der Waals surface area contributed by atoms with Crippen molar-refractivity contribution >= 4 is 10.0 Å². The summed E-state index contributed by atoms with van der Waals surface area (Å²) in [5.41, 5.74) is 0.172. The zero-order chi connectivity index (χ0) is 11.2. The Bertz CT molecular complexity index is 242. The lowest BCUT2D eigenvalue weighted by molar-refractivity contribution is 0.378. The van der Waals surface area contributed by atoms with E-state index in [0.717, 1.165) is 6.42 Å². The van der Waals surface area contributed by atoms with E-state index in [-0.39, 0.29) is 11.2 Å². The van der Waals surface area contributed by atoms with E-state index in [2.05, 4.69) is 30.8 Å². The first-order chi connectivity index (χ1) is 6.27. The molecule has 0 heterocycles. The van der Waals surface area contributed by atoms with Crippen LogP contribution in [0.5, 0.6) is 0 Å². The molecule has 0 spiro atoms. The summed E-state index contributed by atoms with van der Waals surface area (Å²) >= 11 is 0. The van der Waals surface area contributed by atoms with Crippen molar-refractivity contribution in [3.8, 4) is 0 Å². The van der Waals surface area contributed by atoms with E-state index in [9.17, 15) is 8.42 Å². The molecule has 0 fully saturated rings. The van der Waals surface area contributed by atoms with Gasteiger partial charge in [0.1, 0.15) is 0 Å². The van der Waals surface area contributed by atoms with Crippen molar-refractivity contribution in [3.63, 3.8) is 0 Å². The van der Waals surface area contributed by atoms with Gasteiger partial charge in [0.05, 0.1) is 5.75 Å². The zero-order valence-corrected chi connectivity index (χ0v) is 10.4. The van der Waals surface area contributed by atoms with E-state index in [0.29, 0.717) is 13.1 Å². The highest BCUT2D eigenvalue weighted by Crippen LogP contribution is 2.16. The Hall–Kier alpha value is -0.130. The number of hydrogen-bond acceptors (Lipinski definition) is 3. The first-order valence-corrected chi connectivity index (χ1v) is 6.54. The molecule has 86 valence electrons. The maximum absolute atomic E-state index is 11.3. The summed E-state index contributed by atoms with van der Waals surface area (Å²) in [5.74, 6) is 0.146. The quantitative estimate of drug-likeness (QED) is 0.690. The van der Waals surface area contributed by atoms with Crippen LogP contribution in [-0.2, 0) is 10.0 Å². The van der Waals surface area contributed by atoms with E-state index >= 15 is 0 Å². The second kappa shape index (κ2) is 5.68. The minimum Gasteiger partial charge on any atom is -0.319 e. The van der Waals surface area contributed by atoms with Gasteiger partial charge in [-0.25, -0.2) is 13.1 Å². The molecule has 0 unspecified atom stereocenters. The maximum atomic E-state index is 11.3. The van der Waals surface area contributed by atoms with Crippen molar-refractivity contribution < 1.29 is 8.42 Å². The molecular weight excluding hydrogens is 200 g/mol. The number of hydrogen-bond donors (Lipinski definition) is 2. The van der Waals surface area contributed by atoms with Crippen molar-refractivity contribution in [2.75, 3.05) is 25.9 Å². The van der Waals surface area contributed by atoms with Crippen LogP contribution < -0.4 is 10.0 Å². The molecule has 14 heavy (non-hydrogen) atoms. The monoisotopic (exact) mass is 222 g/mol. The molecule has 0 saturated heterocycles. The fourth-order valence-corrected chi connectivity index (χ4v) is 1.92. The molecular formula is C9H22N2O2S. The molecule has 0 aromatic carbocycles. The molecule has 4 nitrogen and oxygen atoms in total. The maximum Gasteiger partial charge on any atom is 0.212 e. The molecule has 0 aromatic rings. The fraction of sp³-hybridized carbons (Fsp3) is 1.00. The Balaban J connectivity index is 3.78. The Morgan fingerprint density at radius 2 is 1.71 bits per heavy atom. The van der Waals surface area contributed by atoms with Gasteiger partial charge >= 0.3 is 0 Å².